The Morgan fingerprint density at radius 1 is 1.03 bits per heavy atom. The maximum atomic E-state index is 12.4. The Kier molecular flexibility index (Phi) is 5.23. The van der Waals surface area contributed by atoms with Crippen molar-refractivity contribution in [1.29, 1.82) is 0 Å². The van der Waals surface area contributed by atoms with Gasteiger partial charge >= 0.3 is 205 Å². The second kappa shape index (κ2) is 7.68. The van der Waals surface area contributed by atoms with Crippen LogP contribution in [0.1, 0.15) is 4.44 Å². The Bertz CT molecular complexity index is 1360. The van der Waals surface area contributed by atoms with Gasteiger partial charge in [-0.15, -0.1) is 0 Å². The van der Waals surface area contributed by atoms with Crippen molar-refractivity contribution in [2.24, 2.45) is 4.99 Å². The van der Waals surface area contributed by atoms with Crippen LogP contribution in [0.2, 0.25) is 6.55 Å². The van der Waals surface area contributed by atoms with Crippen LogP contribution in [0.3, 0.4) is 0 Å². The standard InChI is InChI=1S/C24H17Br2NO2SeSi/c1-13-21(25)22(26)23(30-13)20-18(29)11-10-17-24(20)31(2,15-6-4-3-5-7-15)19-12-14(28)8-9-16(19)27-17/h3-12,29H,1-2H3. The SMILES string of the molecule is Cc1[se]c(-c2c(O)ccc3c2[Si](C)(c2ccccc2)C2=CC(=O)C=CC2=N3)c(Br)c1Br. The first-order valence-electron chi connectivity index (χ1n) is 9.72. The van der Waals surface area contributed by atoms with Gasteiger partial charge in [0.05, 0.1) is 0 Å². The predicted molar refractivity (Wildman–Crippen MR) is 137 cm³/mol. The van der Waals surface area contributed by atoms with E-state index in [1.807, 2.05) is 30.3 Å². The number of halogens is 2. The quantitative estimate of drug-likeness (QED) is 0.331. The number of hydrogen-bond donors (Lipinski definition) is 1. The van der Waals surface area contributed by atoms with Gasteiger partial charge in [-0.3, -0.25) is 0 Å². The number of allylic oxidation sites excluding steroid dienone is 4. The van der Waals surface area contributed by atoms with Crippen molar-refractivity contribution in [2.75, 3.05) is 0 Å². The number of rotatable bonds is 2. The number of phenolic OH excluding ortho intramolecular Hbond substituents is 1. The van der Waals surface area contributed by atoms with E-state index in [0.717, 1.165) is 40.7 Å². The van der Waals surface area contributed by atoms with Crippen molar-refractivity contribution in [2.45, 2.75) is 13.5 Å². The van der Waals surface area contributed by atoms with Crippen LogP contribution in [-0.2, 0) is 4.79 Å². The molecule has 1 atom stereocenters. The van der Waals surface area contributed by atoms with Crippen LogP contribution in [0.25, 0.3) is 10.0 Å². The second-order valence-electron chi connectivity index (χ2n) is 7.75. The number of nitrogens with zero attached hydrogens (tertiary/aromatic N) is 1. The number of benzene rings is 2. The van der Waals surface area contributed by atoms with Gasteiger partial charge < -0.3 is 0 Å². The second-order valence-corrected chi connectivity index (χ2v) is 15.8. The van der Waals surface area contributed by atoms with Crippen LogP contribution in [0.15, 0.2) is 79.8 Å². The summed E-state index contributed by atoms with van der Waals surface area (Å²) >= 11 is 7.52. The summed E-state index contributed by atoms with van der Waals surface area (Å²) in [6.45, 7) is 4.38. The van der Waals surface area contributed by atoms with Crippen LogP contribution in [0.5, 0.6) is 5.75 Å². The first-order valence-corrected chi connectivity index (χ1v) is 15.5. The van der Waals surface area contributed by atoms with Crippen molar-refractivity contribution in [3.8, 4) is 15.8 Å². The average molecular weight is 618 g/mol. The van der Waals surface area contributed by atoms with E-state index in [-0.39, 0.29) is 26.0 Å². The van der Waals surface area contributed by atoms with Crippen molar-refractivity contribution >= 4 is 82.0 Å². The van der Waals surface area contributed by atoms with Crippen molar-refractivity contribution in [1.82, 2.24) is 0 Å². The number of ketones is 1. The molecule has 1 N–H and O–H groups in total. The number of aliphatic imine (C=N–C) groups is 1. The molecular formula is C24H17Br2NO2SeSi. The minimum absolute atomic E-state index is 0.0144. The molecule has 31 heavy (non-hydrogen) atoms. The third-order valence-corrected chi connectivity index (χ3v) is 16.3. The summed E-state index contributed by atoms with van der Waals surface area (Å²) < 4.78 is 4.42. The topological polar surface area (TPSA) is 49.7 Å². The van der Waals surface area contributed by atoms with Crippen LogP contribution in [0.4, 0.5) is 5.69 Å². The van der Waals surface area contributed by atoms with E-state index in [1.54, 1.807) is 18.2 Å². The molecule has 2 heterocycles. The normalized spacial score (nSPS) is 19.5. The molecule has 2 aromatic carbocycles. The number of carbonyl (C=O) groups is 1. The van der Waals surface area contributed by atoms with Crippen molar-refractivity contribution < 1.29 is 9.90 Å². The van der Waals surface area contributed by atoms with Gasteiger partial charge in [0.2, 0.25) is 0 Å². The fourth-order valence-corrected chi connectivity index (χ4v) is 13.1. The third kappa shape index (κ3) is 3.18. The Morgan fingerprint density at radius 2 is 1.77 bits per heavy atom. The number of carbonyl (C=O) groups excluding carboxylic acids is 1. The molecule has 0 radical (unpaired) electrons. The monoisotopic (exact) mass is 617 g/mol. The fraction of sp³-hybridized carbons (Fsp3) is 0.0833. The van der Waals surface area contributed by atoms with Gasteiger partial charge in [-0.05, 0) is 0 Å². The molecule has 154 valence electrons. The summed E-state index contributed by atoms with van der Waals surface area (Å²) in [5.74, 6) is 0.244. The van der Waals surface area contributed by atoms with Gasteiger partial charge in [0.15, 0.2) is 0 Å². The summed E-state index contributed by atoms with van der Waals surface area (Å²) in [7, 11) is -2.64. The summed E-state index contributed by atoms with van der Waals surface area (Å²) in [6, 6.07) is 14.0. The summed E-state index contributed by atoms with van der Waals surface area (Å²) in [6.07, 6.45) is 5.16. The average Bonchev–Trinajstić information content (AvgIpc) is 3.02. The number of phenols is 1. The van der Waals surface area contributed by atoms with Gasteiger partial charge in [-0.2, -0.15) is 0 Å². The Morgan fingerprint density at radius 3 is 2.45 bits per heavy atom. The number of aryl methyl sites for hydroxylation is 1. The first-order chi connectivity index (χ1) is 14.8. The van der Waals surface area contributed by atoms with Crippen LogP contribution in [0, 0.1) is 6.92 Å². The molecule has 2 aliphatic rings. The summed E-state index contributed by atoms with van der Waals surface area (Å²) in [5.41, 5.74) is 2.59. The molecule has 3 nitrogen and oxygen atoms in total. The zero-order valence-corrected chi connectivity index (χ0v) is 22.6. The van der Waals surface area contributed by atoms with E-state index in [0.29, 0.717) is 0 Å². The molecule has 0 amide bonds. The molecule has 1 unspecified atom stereocenters. The van der Waals surface area contributed by atoms with Gasteiger partial charge in [0.25, 0.3) is 0 Å². The molecule has 5 rings (SSSR count). The molecule has 0 saturated carbocycles. The molecule has 0 fully saturated rings. The number of fused-ring (bicyclic) bond motifs is 2. The van der Waals surface area contributed by atoms with Crippen LogP contribution >= 0.6 is 31.9 Å². The molecule has 1 aromatic heterocycles. The molecule has 1 aliphatic carbocycles. The molecular weight excluding hydrogens is 601 g/mol. The number of hydrogen-bond acceptors (Lipinski definition) is 3. The number of aromatic hydroxyl groups is 1. The van der Waals surface area contributed by atoms with Gasteiger partial charge in [0.1, 0.15) is 0 Å². The molecule has 0 bridgehead atoms. The zero-order valence-electron chi connectivity index (χ0n) is 16.7. The Labute approximate surface area is 204 Å². The fourth-order valence-electron chi connectivity index (χ4n) is 4.42. The molecule has 3 aromatic rings. The third-order valence-electron chi connectivity index (χ3n) is 5.94. The van der Waals surface area contributed by atoms with Crippen LogP contribution in [-0.4, -0.2) is 39.2 Å². The van der Waals surface area contributed by atoms with Gasteiger partial charge in [0, 0.05) is 0 Å². The summed E-state index contributed by atoms with van der Waals surface area (Å²) in [4.78, 5) is 17.4. The summed E-state index contributed by atoms with van der Waals surface area (Å²) in [5, 5.41) is 14.4. The molecule has 0 saturated heterocycles. The molecule has 1 aliphatic heterocycles. The van der Waals surface area contributed by atoms with Crippen molar-refractivity contribution in [3.05, 3.63) is 79.3 Å². The first kappa shape index (κ1) is 21.1. The predicted octanol–water partition coefficient (Wildman–Crippen LogP) is 4.83. The maximum absolute atomic E-state index is 12.4. The van der Waals surface area contributed by atoms with Gasteiger partial charge in [-0.1, -0.05) is 0 Å². The van der Waals surface area contributed by atoms with E-state index >= 15 is 0 Å². The minimum atomic E-state index is -2.64. The molecule has 7 heteroatoms. The van der Waals surface area contributed by atoms with Crippen molar-refractivity contribution in [3.63, 3.8) is 0 Å². The zero-order chi connectivity index (χ0) is 21.9. The van der Waals surface area contributed by atoms with E-state index in [4.69, 9.17) is 4.99 Å². The van der Waals surface area contributed by atoms with Crippen LogP contribution < -0.4 is 10.4 Å². The Hall–Kier alpha value is -1.76. The van der Waals surface area contributed by atoms with E-state index in [1.165, 1.54) is 9.62 Å². The Balaban J connectivity index is 1.94. The van der Waals surface area contributed by atoms with E-state index in [9.17, 15) is 9.90 Å². The van der Waals surface area contributed by atoms with Gasteiger partial charge in [-0.25, -0.2) is 0 Å². The van der Waals surface area contributed by atoms with E-state index < -0.39 is 8.07 Å². The molecule has 0 spiro atoms. The van der Waals surface area contributed by atoms with E-state index in [2.05, 4.69) is 57.5 Å².